The van der Waals surface area contributed by atoms with Gasteiger partial charge in [0.05, 0.1) is 6.17 Å². The van der Waals surface area contributed by atoms with E-state index in [-0.39, 0.29) is 24.2 Å². The van der Waals surface area contributed by atoms with Crippen molar-refractivity contribution in [2.75, 3.05) is 0 Å². The Morgan fingerprint density at radius 2 is 0.722 bits per heavy atom. The molecule has 90 heavy (non-hydrogen) atoms. The minimum Gasteiger partial charge on any atom is -0.248 e. The summed E-state index contributed by atoms with van der Waals surface area (Å²) < 4.78 is 117. The first-order valence-electron chi connectivity index (χ1n) is 36.7. The molecule has 560 valence electrons. The third kappa shape index (κ3) is 239. The molecule has 0 radical (unpaired) electrons. The number of halogens is 9. The van der Waals surface area contributed by atoms with Crippen LogP contribution < -0.4 is 0 Å². The van der Waals surface area contributed by atoms with Crippen LogP contribution in [-0.2, 0) is 0 Å². The first-order chi connectivity index (χ1) is 41.1. The maximum Gasteiger partial charge on any atom is 0.391 e. The summed E-state index contributed by atoms with van der Waals surface area (Å²) in [6.45, 7) is 88.5. The molecule has 0 N–H and O–H groups in total. The van der Waals surface area contributed by atoms with Crippen molar-refractivity contribution in [1.29, 1.82) is 0 Å². The quantitative estimate of drug-likeness (QED) is 0.0893. The number of hydrogen-bond donors (Lipinski definition) is 0. The van der Waals surface area contributed by atoms with Crippen molar-refractivity contribution in [2.24, 2.45) is 94.7 Å². The Morgan fingerprint density at radius 1 is 0.456 bits per heavy atom. The van der Waals surface area contributed by atoms with E-state index in [1.54, 1.807) is 27.7 Å². The van der Waals surface area contributed by atoms with Crippen molar-refractivity contribution >= 4 is 0 Å². The Bertz CT molecular complexity index is 1250. The monoisotopic (exact) mass is 1320 g/mol. The second-order valence-corrected chi connectivity index (χ2v) is 29.5. The summed E-state index contributed by atoms with van der Waals surface area (Å²) in [7, 11) is 0. The molecule has 1 rings (SSSR count). The van der Waals surface area contributed by atoms with Gasteiger partial charge in [0.25, 0.3) is 0 Å². The normalized spacial score (nSPS) is 12.2. The highest BCUT2D eigenvalue weighted by Gasteiger charge is 2.31. The smallest absolute Gasteiger partial charge is 0.248 e. The van der Waals surface area contributed by atoms with Gasteiger partial charge in [0.2, 0.25) is 5.92 Å². The fourth-order valence-corrected chi connectivity index (χ4v) is 2.99. The van der Waals surface area contributed by atoms with Gasteiger partial charge in [-0.25, -0.2) is 13.2 Å². The lowest BCUT2D eigenvalue weighted by Crippen LogP contribution is -2.17. The summed E-state index contributed by atoms with van der Waals surface area (Å²) in [5, 5.41) is 0. The molecule has 0 saturated heterocycles. The van der Waals surface area contributed by atoms with Crippen molar-refractivity contribution in [1.82, 2.24) is 0 Å². The molecule has 1 aliphatic carbocycles. The van der Waals surface area contributed by atoms with Crippen LogP contribution in [-0.4, -0.2) is 24.4 Å². The maximum atomic E-state index is 11.8. The molecule has 0 aliphatic heterocycles. The third-order valence-corrected chi connectivity index (χ3v) is 12.0. The van der Waals surface area contributed by atoms with Gasteiger partial charge in [-0.1, -0.05) is 318 Å². The molecule has 0 amide bonds. The van der Waals surface area contributed by atoms with Gasteiger partial charge in [-0.15, -0.1) is 19.7 Å². The highest BCUT2D eigenvalue weighted by Crippen LogP contribution is 2.35. The van der Waals surface area contributed by atoms with Crippen molar-refractivity contribution < 1.29 is 42.3 Å². The summed E-state index contributed by atoms with van der Waals surface area (Å²) in [6, 6.07) is 0. The van der Waals surface area contributed by atoms with E-state index in [0.717, 1.165) is 92.8 Å². The van der Waals surface area contributed by atoms with Crippen LogP contribution in [0.2, 0.25) is 0 Å². The Balaban J connectivity index is -0.0000000592. The molecule has 1 fully saturated rings. The molecule has 0 aromatic carbocycles. The van der Waals surface area contributed by atoms with E-state index in [1.807, 2.05) is 45.9 Å². The molecule has 1 aliphatic rings. The van der Waals surface area contributed by atoms with Crippen LogP contribution in [0, 0.1) is 94.7 Å². The van der Waals surface area contributed by atoms with E-state index in [4.69, 9.17) is 2.74 Å². The van der Waals surface area contributed by atoms with E-state index in [0.29, 0.717) is 5.92 Å². The lowest BCUT2D eigenvalue weighted by molar-refractivity contribution is -0.164. The van der Waals surface area contributed by atoms with Gasteiger partial charge in [-0.05, 0) is 149 Å². The predicted molar refractivity (Wildman–Crippen MR) is 403 cm³/mol. The number of allylic oxidation sites excluding steroid dienone is 5. The Morgan fingerprint density at radius 3 is 0.756 bits per heavy atom. The summed E-state index contributed by atoms with van der Waals surface area (Å²) in [5.74, 6) is 5.75. The lowest BCUT2D eigenvalue weighted by Gasteiger charge is -2.12. The Kier molecular flexibility index (Phi) is 112. The number of hydrogen-bond acceptors (Lipinski definition) is 0. The van der Waals surface area contributed by atoms with Gasteiger partial charge in [-0.2, -0.15) is 26.3 Å². The molecule has 0 nitrogen and oxygen atoms in total. The molecular weight excluding hydrogens is 1140 g/mol. The highest BCUT2D eigenvalue weighted by molar-refractivity contribution is 4.77. The number of alkyl halides is 9. The lowest BCUT2D eigenvalue weighted by atomic mass is 10.1. The Labute approximate surface area is 569 Å². The van der Waals surface area contributed by atoms with Gasteiger partial charge in [-0.3, -0.25) is 0 Å². The standard InChI is InChI=1S/2C7H14.C6H11F3.C6H12.C6H14.C6H12.C5H10F2.C5H11F.4C5H12.C5H10.C4H7F3.C4H10/c2*1-4-5-6-7(2)3;1-5(2)3-4-6(7,8)9;1-5(2)6-3-4-6;2*1-4-5-6(2)3;1-4(2)5(3,6)7;1-4(2)5(3)6;5*1-4-5(2)3;1-3(2)4(5,6)7;1-4(2)3/h4-5,7H,6H2,1-3H3;4,7H,1,5-6H2,2-3H3;5H,3-4H2,1-2H3;5-6H,3-4H2,1-2H3;6H,4-5H2,1-3H3;4,6H,1,5H2,2-3H3;4H,1-3H3;4-5H,1-3H3;4*5H,4H2,1-3H3;4-5H,1H2,2-3H3;3H,1-2H3;4H,1-3H3/i;;;;;;;;4D2;;;;;;. The molecule has 0 heterocycles. The van der Waals surface area contributed by atoms with Gasteiger partial charge >= 0.3 is 12.4 Å². The molecule has 1 saturated carbocycles. The molecule has 1 unspecified atom stereocenters. The van der Waals surface area contributed by atoms with Gasteiger partial charge in [0.15, 0.2) is 0 Å². The topological polar surface area (TPSA) is 0 Å². The van der Waals surface area contributed by atoms with E-state index < -0.39 is 49.1 Å². The molecular formula is C81H173F9. The van der Waals surface area contributed by atoms with Crippen LogP contribution in [0.15, 0.2) is 50.1 Å². The zero-order valence-electron chi connectivity index (χ0n) is 70.4. The molecule has 0 aromatic heterocycles. The van der Waals surface area contributed by atoms with Crippen molar-refractivity contribution in [2.45, 2.75) is 384 Å². The molecule has 0 spiro atoms. The SMILES string of the molecule is C=CC(C)C.C=CCC(C)C.C=CCCC(C)C.CC(C)C.CC(C)C(C)(F)F.CC(C)C(C)F.CC(C)C(F)(F)F.CC(C)C1CC1.CC(C)CCC(F)(F)F.CC=CCC(C)C.CCC(C)C.CCC(C)C.CCC(C)C.CCCC(C)C.[2H]C([2H])(C)C(C)C. The summed E-state index contributed by atoms with van der Waals surface area (Å²) in [5.41, 5.74) is 0. The second kappa shape index (κ2) is 87.3. The van der Waals surface area contributed by atoms with E-state index >= 15 is 0 Å². The van der Waals surface area contributed by atoms with Crippen molar-refractivity contribution in [3.8, 4) is 0 Å². The zero-order valence-corrected chi connectivity index (χ0v) is 68.4. The van der Waals surface area contributed by atoms with Gasteiger partial charge in [0.1, 0.15) is 0 Å². The molecule has 0 bridgehead atoms. The van der Waals surface area contributed by atoms with Crippen molar-refractivity contribution in [3.05, 3.63) is 50.1 Å². The summed E-state index contributed by atoms with van der Waals surface area (Å²) in [4.78, 5) is 0. The van der Waals surface area contributed by atoms with Crippen LogP contribution >= 0.6 is 0 Å². The number of rotatable bonds is 19. The van der Waals surface area contributed by atoms with Crippen LogP contribution in [0.25, 0.3) is 0 Å². The van der Waals surface area contributed by atoms with E-state index in [9.17, 15) is 39.5 Å². The van der Waals surface area contributed by atoms with Crippen LogP contribution in [0.5, 0.6) is 0 Å². The minimum absolute atomic E-state index is 0.132. The summed E-state index contributed by atoms with van der Waals surface area (Å²) >= 11 is 0. The van der Waals surface area contributed by atoms with Crippen molar-refractivity contribution in [3.63, 3.8) is 0 Å². The van der Waals surface area contributed by atoms with Gasteiger partial charge in [0, 0.05) is 21.0 Å². The van der Waals surface area contributed by atoms with Gasteiger partial charge < -0.3 is 0 Å². The molecule has 1 atom stereocenters. The summed E-state index contributed by atoms with van der Waals surface area (Å²) in [6.07, 6.45) is 14.5. The fraction of sp³-hybridized carbons (Fsp3) is 0.901. The largest absolute Gasteiger partial charge is 0.391 e. The average Bonchev–Trinajstić information content (AvgIpc) is 4.25. The molecule has 0 aromatic rings. The first kappa shape index (κ1) is 116. The molecule has 9 heteroatoms. The van der Waals surface area contributed by atoms with Crippen LogP contribution in [0.3, 0.4) is 0 Å². The first-order valence-corrected chi connectivity index (χ1v) is 35.7. The van der Waals surface area contributed by atoms with Crippen LogP contribution in [0.4, 0.5) is 39.5 Å². The fourth-order valence-electron chi connectivity index (χ4n) is 2.99. The van der Waals surface area contributed by atoms with Crippen LogP contribution in [0.1, 0.15) is 363 Å². The maximum absolute atomic E-state index is 11.8. The predicted octanol–water partition coefficient (Wildman–Crippen LogP) is 33.1. The Hall–Kier alpha value is -1.67. The minimum atomic E-state index is -4.00. The third-order valence-electron chi connectivity index (χ3n) is 12.0. The average molecular weight is 1320 g/mol. The van der Waals surface area contributed by atoms with E-state index in [2.05, 4.69) is 212 Å². The second-order valence-electron chi connectivity index (χ2n) is 29.5. The highest BCUT2D eigenvalue weighted by atomic mass is 19.4. The van der Waals surface area contributed by atoms with E-state index in [1.165, 1.54) is 71.6 Å². The zero-order chi connectivity index (χ0) is 77.5.